The second kappa shape index (κ2) is 2.24. The number of aliphatic hydroxyl groups excluding tert-OH is 1. The van der Waals surface area contributed by atoms with Crippen LogP contribution in [0.4, 0.5) is 0 Å². The molecule has 5 heteroatoms. The van der Waals surface area contributed by atoms with Crippen LogP contribution in [0.25, 0.3) is 0 Å². The zero-order chi connectivity index (χ0) is 6.91. The topological polar surface area (TPSA) is 63.6 Å². The van der Waals surface area contributed by atoms with Crippen molar-refractivity contribution in [2.24, 2.45) is 0 Å². The van der Waals surface area contributed by atoms with Crippen LogP contribution in [0.2, 0.25) is 0 Å². The summed E-state index contributed by atoms with van der Waals surface area (Å²) in [4.78, 5) is 0. The van der Waals surface area contributed by atoms with Gasteiger partial charge in [-0.3, -0.25) is 4.18 Å². The molecule has 0 aliphatic carbocycles. The van der Waals surface area contributed by atoms with Gasteiger partial charge in [-0.05, 0) is 6.42 Å². The Hall–Kier alpha value is -0.130. The molecular formula is C4H8O4S. The molecule has 1 aliphatic heterocycles. The summed E-state index contributed by atoms with van der Waals surface area (Å²) < 4.78 is 25.4. The summed E-state index contributed by atoms with van der Waals surface area (Å²) in [5.41, 5.74) is 0. The number of hydrogen-bond donors (Lipinski definition) is 1. The second-order valence-electron chi connectivity index (χ2n) is 1.95. The van der Waals surface area contributed by atoms with Crippen molar-refractivity contribution in [3.05, 3.63) is 0 Å². The highest BCUT2D eigenvalue weighted by atomic mass is 32.2. The molecule has 1 atom stereocenters. The fraction of sp³-hybridized carbons (Fsp3) is 1.00. The Labute approximate surface area is 53.6 Å². The first-order chi connectivity index (χ1) is 4.14. The quantitative estimate of drug-likeness (QED) is 0.494. The molecule has 1 unspecified atom stereocenters. The van der Waals surface area contributed by atoms with Gasteiger partial charge in [-0.2, -0.15) is 8.42 Å². The number of rotatable bonds is 1. The molecule has 0 saturated carbocycles. The summed E-state index contributed by atoms with van der Waals surface area (Å²) in [6.07, 6.45) is -0.0752. The second-order valence-corrected chi connectivity index (χ2v) is 3.67. The third-order valence-electron chi connectivity index (χ3n) is 1.18. The van der Waals surface area contributed by atoms with Gasteiger partial charge >= 0.3 is 0 Å². The molecule has 0 aromatic heterocycles. The molecule has 4 nitrogen and oxygen atoms in total. The molecule has 54 valence electrons. The predicted molar refractivity (Wildman–Crippen MR) is 30.4 cm³/mol. The third kappa shape index (κ3) is 1.64. The molecule has 1 saturated heterocycles. The number of hydrogen-bond acceptors (Lipinski definition) is 4. The maximum absolute atomic E-state index is 10.5. The Bertz CT molecular complexity index is 183. The minimum Gasteiger partial charge on any atom is -0.394 e. The highest BCUT2D eigenvalue weighted by Gasteiger charge is 2.27. The normalized spacial score (nSPS) is 32.8. The van der Waals surface area contributed by atoms with E-state index in [0.29, 0.717) is 6.42 Å². The average molecular weight is 152 g/mol. The van der Waals surface area contributed by atoms with E-state index >= 15 is 0 Å². The van der Waals surface area contributed by atoms with Crippen LogP contribution in [0.5, 0.6) is 0 Å². The Kier molecular flexibility index (Phi) is 1.74. The van der Waals surface area contributed by atoms with Crippen molar-refractivity contribution in [3.63, 3.8) is 0 Å². The lowest BCUT2D eigenvalue weighted by atomic mass is 10.3. The minimum absolute atomic E-state index is 0.0399. The van der Waals surface area contributed by atoms with Crippen LogP contribution in [-0.2, 0) is 14.3 Å². The molecule has 1 fully saturated rings. The summed E-state index contributed by atoms with van der Waals surface area (Å²) in [6, 6.07) is 0. The van der Waals surface area contributed by atoms with Crippen LogP contribution < -0.4 is 0 Å². The summed E-state index contributed by atoms with van der Waals surface area (Å²) in [7, 11) is -3.27. The molecule has 1 heterocycles. The summed E-state index contributed by atoms with van der Waals surface area (Å²) in [6.45, 7) is -0.209. The van der Waals surface area contributed by atoms with Gasteiger partial charge in [-0.1, -0.05) is 0 Å². The van der Waals surface area contributed by atoms with Crippen molar-refractivity contribution in [2.45, 2.75) is 12.5 Å². The van der Waals surface area contributed by atoms with Crippen LogP contribution in [0.3, 0.4) is 0 Å². The zero-order valence-corrected chi connectivity index (χ0v) is 5.60. The SMILES string of the molecule is O=S1(=O)CCC(CO)O1. The lowest BCUT2D eigenvalue weighted by Gasteiger charge is -1.99. The van der Waals surface area contributed by atoms with Crippen LogP contribution in [0, 0.1) is 0 Å². The molecule has 9 heavy (non-hydrogen) atoms. The van der Waals surface area contributed by atoms with E-state index in [1.54, 1.807) is 0 Å². The van der Waals surface area contributed by atoms with Gasteiger partial charge in [0.05, 0.1) is 12.4 Å². The molecule has 1 rings (SSSR count). The van der Waals surface area contributed by atoms with Crippen molar-refractivity contribution in [1.82, 2.24) is 0 Å². The van der Waals surface area contributed by atoms with Crippen LogP contribution in [-0.4, -0.2) is 32.0 Å². The minimum atomic E-state index is -3.27. The summed E-state index contributed by atoms with van der Waals surface area (Å²) in [5, 5.41) is 8.41. The molecule has 0 amide bonds. The summed E-state index contributed by atoms with van der Waals surface area (Å²) in [5.74, 6) is 0.0399. The molecule has 0 spiro atoms. The highest BCUT2D eigenvalue weighted by molar-refractivity contribution is 7.86. The van der Waals surface area contributed by atoms with Gasteiger partial charge in [0.2, 0.25) is 0 Å². The average Bonchev–Trinajstić information content (AvgIpc) is 2.10. The molecule has 0 aromatic carbocycles. The molecule has 0 bridgehead atoms. The van der Waals surface area contributed by atoms with E-state index in [-0.39, 0.29) is 12.4 Å². The molecule has 1 N–H and O–H groups in total. The highest BCUT2D eigenvalue weighted by Crippen LogP contribution is 2.14. The third-order valence-corrected chi connectivity index (χ3v) is 2.48. The van der Waals surface area contributed by atoms with Crippen LogP contribution >= 0.6 is 0 Å². The van der Waals surface area contributed by atoms with E-state index in [0.717, 1.165) is 0 Å². The Balaban J connectivity index is 2.58. The van der Waals surface area contributed by atoms with E-state index in [2.05, 4.69) is 4.18 Å². The Morgan fingerprint density at radius 2 is 2.33 bits per heavy atom. The van der Waals surface area contributed by atoms with Crippen molar-refractivity contribution in [2.75, 3.05) is 12.4 Å². The predicted octanol–water partition coefficient (Wildman–Crippen LogP) is -0.903. The van der Waals surface area contributed by atoms with Crippen molar-refractivity contribution in [3.8, 4) is 0 Å². The smallest absolute Gasteiger partial charge is 0.267 e. The van der Waals surface area contributed by atoms with Crippen LogP contribution in [0.15, 0.2) is 0 Å². The largest absolute Gasteiger partial charge is 0.394 e. The van der Waals surface area contributed by atoms with E-state index in [9.17, 15) is 8.42 Å². The Morgan fingerprint density at radius 3 is 2.56 bits per heavy atom. The number of aliphatic hydroxyl groups is 1. The summed E-state index contributed by atoms with van der Waals surface area (Å²) >= 11 is 0. The first kappa shape index (κ1) is 6.98. The molecular weight excluding hydrogens is 144 g/mol. The van der Waals surface area contributed by atoms with E-state index in [1.165, 1.54) is 0 Å². The fourth-order valence-corrected chi connectivity index (χ4v) is 1.92. The molecule has 1 aliphatic rings. The van der Waals surface area contributed by atoms with Crippen molar-refractivity contribution >= 4 is 10.1 Å². The van der Waals surface area contributed by atoms with E-state index in [4.69, 9.17) is 5.11 Å². The fourth-order valence-electron chi connectivity index (χ4n) is 0.701. The van der Waals surface area contributed by atoms with Gasteiger partial charge in [0.15, 0.2) is 0 Å². The van der Waals surface area contributed by atoms with Gasteiger partial charge < -0.3 is 5.11 Å². The Morgan fingerprint density at radius 1 is 1.67 bits per heavy atom. The molecule has 0 aromatic rings. The maximum atomic E-state index is 10.5. The van der Waals surface area contributed by atoms with Gasteiger partial charge in [0.25, 0.3) is 10.1 Å². The standard InChI is InChI=1S/C4H8O4S/c5-3-4-1-2-9(6,7)8-4/h4-5H,1-3H2. The van der Waals surface area contributed by atoms with Gasteiger partial charge in [0.1, 0.15) is 6.10 Å². The first-order valence-electron chi connectivity index (χ1n) is 2.66. The maximum Gasteiger partial charge on any atom is 0.267 e. The lowest BCUT2D eigenvalue weighted by molar-refractivity contribution is 0.136. The molecule has 0 radical (unpaired) electrons. The lowest BCUT2D eigenvalue weighted by Crippen LogP contribution is -2.11. The first-order valence-corrected chi connectivity index (χ1v) is 4.23. The van der Waals surface area contributed by atoms with Gasteiger partial charge in [-0.25, -0.2) is 0 Å². The van der Waals surface area contributed by atoms with Crippen molar-refractivity contribution in [1.29, 1.82) is 0 Å². The van der Waals surface area contributed by atoms with Crippen molar-refractivity contribution < 1.29 is 17.7 Å². The van der Waals surface area contributed by atoms with Gasteiger partial charge in [-0.15, -0.1) is 0 Å². The van der Waals surface area contributed by atoms with E-state index in [1.807, 2.05) is 0 Å². The van der Waals surface area contributed by atoms with E-state index < -0.39 is 16.2 Å². The zero-order valence-electron chi connectivity index (χ0n) is 4.78. The monoisotopic (exact) mass is 152 g/mol. The van der Waals surface area contributed by atoms with Crippen LogP contribution in [0.1, 0.15) is 6.42 Å². The van der Waals surface area contributed by atoms with Gasteiger partial charge in [0, 0.05) is 0 Å².